The number of methoxy groups -OCH3 is 2. The molecule has 0 spiro atoms. The number of likely N-dealkylation sites (N-methyl/N-ethyl adjacent to an activating group) is 1. The summed E-state index contributed by atoms with van der Waals surface area (Å²) in [5.74, 6) is 1.66. The quantitative estimate of drug-likeness (QED) is 0.846. The topological polar surface area (TPSA) is 21.7 Å². The third-order valence-corrected chi connectivity index (χ3v) is 5.23. The first kappa shape index (κ1) is 13.6. The van der Waals surface area contributed by atoms with Crippen molar-refractivity contribution in [2.24, 2.45) is 0 Å². The van der Waals surface area contributed by atoms with Gasteiger partial charge in [-0.1, -0.05) is 24.3 Å². The van der Waals surface area contributed by atoms with Crippen molar-refractivity contribution in [1.82, 2.24) is 4.90 Å². The Kier molecular flexibility index (Phi) is 3.12. The first-order valence-corrected chi connectivity index (χ1v) is 7.77. The lowest BCUT2D eigenvalue weighted by Crippen LogP contribution is -2.40. The Morgan fingerprint density at radius 3 is 2.27 bits per heavy atom. The van der Waals surface area contributed by atoms with Gasteiger partial charge in [-0.05, 0) is 54.3 Å². The van der Waals surface area contributed by atoms with Crippen LogP contribution >= 0.6 is 0 Å². The lowest BCUT2D eigenvalue weighted by molar-refractivity contribution is 0.137. The van der Waals surface area contributed by atoms with Crippen molar-refractivity contribution in [2.45, 2.75) is 24.9 Å². The van der Waals surface area contributed by atoms with E-state index in [-0.39, 0.29) is 0 Å². The van der Waals surface area contributed by atoms with Gasteiger partial charge in [0.1, 0.15) is 0 Å². The second-order valence-electron chi connectivity index (χ2n) is 6.21. The van der Waals surface area contributed by atoms with Crippen molar-refractivity contribution in [3.8, 4) is 11.5 Å². The molecule has 0 fully saturated rings. The van der Waals surface area contributed by atoms with Gasteiger partial charge in [0.15, 0.2) is 11.5 Å². The highest BCUT2D eigenvalue weighted by Crippen LogP contribution is 2.48. The maximum Gasteiger partial charge on any atom is 0.161 e. The number of rotatable bonds is 2. The van der Waals surface area contributed by atoms with Gasteiger partial charge in [-0.2, -0.15) is 0 Å². The van der Waals surface area contributed by atoms with E-state index in [9.17, 15) is 0 Å². The Bertz CT molecular complexity index is 725. The van der Waals surface area contributed by atoms with Crippen LogP contribution in [0.2, 0.25) is 0 Å². The van der Waals surface area contributed by atoms with E-state index in [0.29, 0.717) is 12.1 Å². The van der Waals surface area contributed by atoms with Crippen molar-refractivity contribution >= 4 is 0 Å². The highest BCUT2D eigenvalue weighted by molar-refractivity contribution is 5.52. The highest BCUT2D eigenvalue weighted by atomic mass is 16.5. The van der Waals surface area contributed by atoms with Gasteiger partial charge in [0.2, 0.25) is 0 Å². The minimum Gasteiger partial charge on any atom is -0.493 e. The molecule has 0 aromatic heterocycles. The van der Waals surface area contributed by atoms with Crippen LogP contribution in [0.1, 0.15) is 34.3 Å². The van der Waals surface area contributed by atoms with Crippen molar-refractivity contribution < 1.29 is 9.47 Å². The summed E-state index contributed by atoms with van der Waals surface area (Å²) in [6.45, 7) is 0. The van der Waals surface area contributed by atoms with E-state index in [2.05, 4.69) is 48.3 Å². The molecule has 2 heterocycles. The van der Waals surface area contributed by atoms with Crippen molar-refractivity contribution in [3.05, 3.63) is 58.7 Å². The van der Waals surface area contributed by atoms with Crippen LogP contribution in [0.15, 0.2) is 36.4 Å². The van der Waals surface area contributed by atoms with Crippen molar-refractivity contribution in [1.29, 1.82) is 0 Å². The van der Waals surface area contributed by atoms with E-state index in [1.165, 1.54) is 22.3 Å². The number of benzene rings is 2. The maximum atomic E-state index is 5.50. The lowest BCUT2D eigenvalue weighted by Gasteiger charge is -2.46. The van der Waals surface area contributed by atoms with Crippen LogP contribution in [0.4, 0.5) is 0 Å². The summed E-state index contributed by atoms with van der Waals surface area (Å²) in [5.41, 5.74) is 5.73. The number of hydrogen-bond acceptors (Lipinski definition) is 3. The molecule has 0 radical (unpaired) electrons. The highest BCUT2D eigenvalue weighted by Gasteiger charge is 2.38. The van der Waals surface area contributed by atoms with E-state index in [1.807, 2.05) is 0 Å². The molecule has 2 aliphatic rings. The zero-order valence-electron chi connectivity index (χ0n) is 13.3. The Balaban J connectivity index is 1.86. The number of ether oxygens (including phenoxy) is 2. The fourth-order valence-corrected chi connectivity index (χ4v) is 4.05. The van der Waals surface area contributed by atoms with Crippen molar-refractivity contribution in [2.75, 3.05) is 21.3 Å². The summed E-state index contributed by atoms with van der Waals surface area (Å²) >= 11 is 0. The van der Waals surface area contributed by atoms with Crippen LogP contribution < -0.4 is 9.47 Å². The van der Waals surface area contributed by atoms with Gasteiger partial charge in [-0.15, -0.1) is 0 Å². The standard InChI is InChI=1S/C19H21NO2/c1-20-16-9-13-10-18(21-2)19(22-3)11-15(13)17(20)8-12-6-4-5-7-14(12)16/h4-7,10-11,16-17H,8-9H2,1-3H3/t16-,17-/m0/s1. The predicted octanol–water partition coefficient (Wildman–Crippen LogP) is 3.53. The van der Waals surface area contributed by atoms with Crippen LogP contribution in [0.5, 0.6) is 11.5 Å². The summed E-state index contributed by atoms with van der Waals surface area (Å²) in [6, 6.07) is 14.1. The van der Waals surface area contributed by atoms with Gasteiger partial charge < -0.3 is 9.47 Å². The molecule has 0 unspecified atom stereocenters. The Morgan fingerprint density at radius 2 is 1.50 bits per heavy atom. The Hall–Kier alpha value is -2.00. The molecule has 2 atom stereocenters. The fourth-order valence-electron chi connectivity index (χ4n) is 4.05. The normalized spacial score (nSPS) is 22.7. The average Bonchev–Trinajstić information content (AvgIpc) is 2.55. The molecule has 0 saturated carbocycles. The van der Waals surface area contributed by atoms with E-state index in [4.69, 9.17) is 9.47 Å². The maximum absolute atomic E-state index is 5.50. The molecular formula is C19H21NO2. The first-order chi connectivity index (χ1) is 10.7. The number of nitrogens with zero attached hydrogens (tertiary/aromatic N) is 1. The lowest BCUT2D eigenvalue weighted by atomic mass is 9.77. The van der Waals surface area contributed by atoms with Gasteiger partial charge >= 0.3 is 0 Å². The fraction of sp³-hybridized carbons (Fsp3) is 0.368. The molecule has 0 N–H and O–H groups in total. The van der Waals surface area contributed by atoms with Gasteiger partial charge in [0.25, 0.3) is 0 Å². The van der Waals surface area contributed by atoms with Crippen LogP contribution in [0, 0.1) is 0 Å². The van der Waals surface area contributed by atoms with Gasteiger partial charge in [0, 0.05) is 12.1 Å². The summed E-state index contributed by atoms with van der Waals surface area (Å²) in [7, 11) is 5.65. The molecule has 2 bridgehead atoms. The smallest absolute Gasteiger partial charge is 0.161 e. The van der Waals surface area contributed by atoms with Crippen molar-refractivity contribution in [3.63, 3.8) is 0 Å². The van der Waals surface area contributed by atoms with Gasteiger partial charge in [0.05, 0.1) is 14.2 Å². The molecule has 3 heteroatoms. The molecule has 0 amide bonds. The molecular weight excluding hydrogens is 274 g/mol. The molecule has 0 aliphatic carbocycles. The first-order valence-electron chi connectivity index (χ1n) is 7.77. The zero-order valence-corrected chi connectivity index (χ0v) is 13.3. The van der Waals surface area contributed by atoms with Crippen LogP contribution in [0.25, 0.3) is 0 Å². The summed E-state index contributed by atoms with van der Waals surface area (Å²) < 4.78 is 11.0. The molecule has 114 valence electrons. The SMILES string of the molecule is COc1cc2c(cc1OC)[C@@H]1Cc3ccccc3[C@H](C2)N1C. The molecule has 2 aromatic rings. The van der Waals surface area contributed by atoms with Crippen LogP contribution in [-0.4, -0.2) is 26.2 Å². The molecule has 0 saturated heterocycles. The van der Waals surface area contributed by atoms with E-state index < -0.39 is 0 Å². The van der Waals surface area contributed by atoms with Gasteiger partial charge in [-0.3, -0.25) is 4.90 Å². The van der Waals surface area contributed by atoms with Gasteiger partial charge in [-0.25, -0.2) is 0 Å². The third kappa shape index (κ3) is 1.85. The molecule has 22 heavy (non-hydrogen) atoms. The van der Waals surface area contributed by atoms with Crippen LogP contribution in [0.3, 0.4) is 0 Å². The average molecular weight is 295 g/mol. The zero-order chi connectivity index (χ0) is 15.3. The minimum absolute atomic E-state index is 0.420. The monoisotopic (exact) mass is 295 g/mol. The van der Waals surface area contributed by atoms with E-state index in [1.54, 1.807) is 14.2 Å². The van der Waals surface area contributed by atoms with E-state index in [0.717, 1.165) is 24.3 Å². The number of hydrogen-bond donors (Lipinski definition) is 0. The second kappa shape index (κ2) is 5.03. The Labute approximate surface area is 131 Å². The Morgan fingerprint density at radius 1 is 0.864 bits per heavy atom. The largest absolute Gasteiger partial charge is 0.493 e. The van der Waals surface area contributed by atoms with E-state index >= 15 is 0 Å². The summed E-state index contributed by atoms with van der Waals surface area (Å²) in [6.07, 6.45) is 2.09. The summed E-state index contributed by atoms with van der Waals surface area (Å²) in [5, 5.41) is 0. The molecule has 2 aliphatic heterocycles. The molecule has 4 rings (SSSR count). The number of fused-ring (bicyclic) bond motifs is 6. The minimum atomic E-state index is 0.420. The molecule has 3 nitrogen and oxygen atoms in total. The predicted molar refractivity (Wildman–Crippen MR) is 86.6 cm³/mol. The third-order valence-electron chi connectivity index (χ3n) is 5.23. The second-order valence-corrected chi connectivity index (χ2v) is 6.21. The summed E-state index contributed by atoms with van der Waals surface area (Å²) in [4.78, 5) is 2.51. The molecule has 2 aromatic carbocycles. The van der Waals surface area contributed by atoms with Crippen LogP contribution in [-0.2, 0) is 12.8 Å².